The number of amides is 2. The Morgan fingerprint density at radius 3 is 2.35 bits per heavy atom. The molecule has 0 radical (unpaired) electrons. The fourth-order valence-corrected chi connectivity index (χ4v) is 3.50. The van der Waals surface area contributed by atoms with Crippen molar-refractivity contribution in [1.82, 2.24) is 15.5 Å². The average Bonchev–Trinajstić information content (AvgIpc) is 2.76. The highest BCUT2D eigenvalue weighted by Gasteiger charge is 2.17. The maximum Gasteiger partial charge on any atom is 0.254 e. The zero-order valence-electron chi connectivity index (χ0n) is 18.2. The lowest BCUT2D eigenvalue weighted by atomic mass is 10.0. The van der Waals surface area contributed by atoms with Crippen LogP contribution in [0, 0.1) is 11.6 Å². The molecule has 0 saturated carbocycles. The summed E-state index contributed by atoms with van der Waals surface area (Å²) in [4.78, 5) is 26.6. The van der Waals surface area contributed by atoms with E-state index in [1.165, 1.54) is 5.56 Å². The molecule has 0 aliphatic rings. The second-order valence-corrected chi connectivity index (χ2v) is 7.35. The molecule has 2 aromatic rings. The second-order valence-electron chi connectivity index (χ2n) is 7.35. The molecule has 0 aliphatic carbocycles. The summed E-state index contributed by atoms with van der Waals surface area (Å²) in [6.45, 7) is 6.78. The predicted molar refractivity (Wildman–Crippen MR) is 118 cm³/mol. The number of halogens is 2. The lowest BCUT2D eigenvalue weighted by Gasteiger charge is -2.30. The van der Waals surface area contributed by atoms with Crippen LogP contribution in [-0.2, 0) is 11.2 Å². The van der Waals surface area contributed by atoms with E-state index < -0.39 is 17.5 Å². The molecule has 168 valence electrons. The summed E-state index contributed by atoms with van der Waals surface area (Å²) >= 11 is 0. The Labute approximate surface area is 182 Å². The number of carbonyl (C=O) groups is 2. The number of hydrogen-bond acceptors (Lipinski definition) is 3. The molecule has 2 N–H and O–H groups in total. The number of likely N-dealkylation sites (N-methyl/N-ethyl adjacent to an activating group) is 1. The van der Waals surface area contributed by atoms with Crippen LogP contribution < -0.4 is 10.6 Å². The molecule has 0 spiro atoms. The van der Waals surface area contributed by atoms with Crippen LogP contribution in [0.15, 0.2) is 48.5 Å². The van der Waals surface area contributed by atoms with Crippen molar-refractivity contribution in [1.29, 1.82) is 0 Å². The highest BCUT2D eigenvalue weighted by molar-refractivity contribution is 5.94. The molecule has 0 fully saturated rings. The zero-order chi connectivity index (χ0) is 22.6. The normalized spacial score (nSPS) is 11.9. The van der Waals surface area contributed by atoms with E-state index in [2.05, 4.69) is 41.5 Å². The minimum atomic E-state index is -0.906. The molecular weight excluding hydrogens is 400 g/mol. The van der Waals surface area contributed by atoms with Gasteiger partial charge in [-0.1, -0.05) is 44.2 Å². The third kappa shape index (κ3) is 8.09. The van der Waals surface area contributed by atoms with Gasteiger partial charge in [0, 0.05) is 31.6 Å². The molecule has 0 aliphatic heterocycles. The maximum atomic E-state index is 13.6. The minimum Gasteiger partial charge on any atom is -0.355 e. The first-order valence-corrected chi connectivity index (χ1v) is 10.7. The molecule has 2 amide bonds. The van der Waals surface area contributed by atoms with Crippen LogP contribution in [0.4, 0.5) is 8.78 Å². The molecule has 2 rings (SSSR count). The summed E-state index contributed by atoms with van der Waals surface area (Å²) in [5.41, 5.74) is 1.01. The van der Waals surface area contributed by atoms with Crippen LogP contribution in [0.3, 0.4) is 0 Å². The van der Waals surface area contributed by atoms with E-state index in [9.17, 15) is 18.4 Å². The smallest absolute Gasteiger partial charge is 0.254 e. The van der Waals surface area contributed by atoms with E-state index in [1.807, 2.05) is 18.2 Å². The van der Waals surface area contributed by atoms with E-state index in [0.717, 1.165) is 31.6 Å². The van der Waals surface area contributed by atoms with Crippen molar-refractivity contribution in [2.45, 2.75) is 39.2 Å². The van der Waals surface area contributed by atoms with E-state index in [4.69, 9.17) is 0 Å². The Morgan fingerprint density at radius 1 is 1.00 bits per heavy atom. The Kier molecular flexibility index (Phi) is 10.1. The van der Waals surface area contributed by atoms with Gasteiger partial charge in [0.05, 0.1) is 5.56 Å². The van der Waals surface area contributed by atoms with Crippen LogP contribution in [-0.4, -0.2) is 48.9 Å². The molecule has 0 aromatic heterocycles. The van der Waals surface area contributed by atoms with Gasteiger partial charge in [0.25, 0.3) is 5.91 Å². The van der Waals surface area contributed by atoms with Crippen LogP contribution in [0.25, 0.3) is 0 Å². The summed E-state index contributed by atoms with van der Waals surface area (Å²) in [6.07, 6.45) is 1.53. The molecule has 0 heterocycles. The number of nitrogens with one attached hydrogen (secondary N) is 2. The standard InChI is InChI=1S/C24H31F2N3O2/c1-3-29(4-2)20(15-18-9-6-5-7-10-18)17-28-23(30)11-8-14-27-24(31)21-13-12-19(25)16-22(21)26/h5-7,9-10,12-13,16,20H,3-4,8,11,14-15,17H2,1-2H3,(H,27,31)(H,28,30). The van der Waals surface area contributed by atoms with Crippen molar-refractivity contribution in [3.05, 3.63) is 71.3 Å². The number of hydrogen-bond donors (Lipinski definition) is 2. The highest BCUT2D eigenvalue weighted by Crippen LogP contribution is 2.10. The van der Waals surface area contributed by atoms with Gasteiger partial charge >= 0.3 is 0 Å². The summed E-state index contributed by atoms with van der Waals surface area (Å²) < 4.78 is 26.6. The monoisotopic (exact) mass is 431 g/mol. The molecule has 1 unspecified atom stereocenters. The number of benzene rings is 2. The van der Waals surface area contributed by atoms with Gasteiger partial charge in [0.2, 0.25) is 5.91 Å². The second kappa shape index (κ2) is 12.8. The van der Waals surface area contributed by atoms with Crippen molar-refractivity contribution in [3.8, 4) is 0 Å². The van der Waals surface area contributed by atoms with Crippen molar-refractivity contribution in [3.63, 3.8) is 0 Å². The first-order valence-electron chi connectivity index (χ1n) is 10.7. The summed E-state index contributed by atoms with van der Waals surface area (Å²) in [6, 6.07) is 13.2. The van der Waals surface area contributed by atoms with Gasteiger partial charge in [0.1, 0.15) is 11.6 Å². The van der Waals surface area contributed by atoms with Gasteiger partial charge in [-0.3, -0.25) is 14.5 Å². The quantitative estimate of drug-likeness (QED) is 0.506. The topological polar surface area (TPSA) is 61.4 Å². The Hall–Kier alpha value is -2.80. The van der Waals surface area contributed by atoms with Crippen molar-refractivity contribution < 1.29 is 18.4 Å². The average molecular weight is 432 g/mol. The third-order valence-electron chi connectivity index (χ3n) is 5.22. The Balaban J connectivity index is 1.76. The van der Waals surface area contributed by atoms with E-state index >= 15 is 0 Å². The number of nitrogens with zero attached hydrogens (tertiary/aromatic N) is 1. The van der Waals surface area contributed by atoms with Gasteiger partial charge in [-0.25, -0.2) is 8.78 Å². The molecule has 2 aromatic carbocycles. The number of carbonyl (C=O) groups excluding carboxylic acids is 2. The fraction of sp³-hybridized carbons (Fsp3) is 0.417. The summed E-state index contributed by atoms with van der Waals surface area (Å²) in [5.74, 6) is -2.35. The largest absolute Gasteiger partial charge is 0.355 e. The molecule has 0 saturated heterocycles. The zero-order valence-corrected chi connectivity index (χ0v) is 18.2. The van der Waals surface area contributed by atoms with E-state index in [1.54, 1.807) is 0 Å². The fourth-order valence-electron chi connectivity index (χ4n) is 3.50. The first-order chi connectivity index (χ1) is 14.9. The summed E-state index contributed by atoms with van der Waals surface area (Å²) in [7, 11) is 0. The third-order valence-corrected chi connectivity index (χ3v) is 5.22. The van der Waals surface area contributed by atoms with Crippen LogP contribution in [0.1, 0.15) is 42.6 Å². The van der Waals surface area contributed by atoms with Gasteiger partial charge in [-0.15, -0.1) is 0 Å². The van der Waals surface area contributed by atoms with Gasteiger partial charge < -0.3 is 10.6 Å². The van der Waals surface area contributed by atoms with Crippen LogP contribution in [0.5, 0.6) is 0 Å². The van der Waals surface area contributed by atoms with E-state index in [0.29, 0.717) is 19.0 Å². The van der Waals surface area contributed by atoms with Crippen molar-refractivity contribution in [2.24, 2.45) is 0 Å². The van der Waals surface area contributed by atoms with Gasteiger partial charge in [-0.05, 0) is 43.6 Å². The van der Waals surface area contributed by atoms with Crippen molar-refractivity contribution >= 4 is 11.8 Å². The highest BCUT2D eigenvalue weighted by atomic mass is 19.1. The summed E-state index contributed by atoms with van der Waals surface area (Å²) in [5, 5.41) is 5.55. The van der Waals surface area contributed by atoms with E-state index in [-0.39, 0.29) is 30.5 Å². The SMILES string of the molecule is CCN(CC)C(CNC(=O)CCCNC(=O)c1ccc(F)cc1F)Cc1ccccc1. The predicted octanol–water partition coefficient (Wildman–Crippen LogP) is 3.54. The van der Waals surface area contributed by atoms with Gasteiger partial charge in [-0.2, -0.15) is 0 Å². The molecule has 0 bridgehead atoms. The Bertz CT molecular complexity index is 842. The van der Waals surface area contributed by atoms with Gasteiger partial charge in [0.15, 0.2) is 0 Å². The lowest BCUT2D eigenvalue weighted by Crippen LogP contribution is -2.45. The van der Waals surface area contributed by atoms with Crippen LogP contribution in [0.2, 0.25) is 0 Å². The maximum absolute atomic E-state index is 13.6. The molecule has 1 atom stereocenters. The Morgan fingerprint density at radius 2 is 1.71 bits per heavy atom. The minimum absolute atomic E-state index is 0.0903. The van der Waals surface area contributed by atoms with Crippen molar-refractivity contribution in [2.75, 3.05) is 26.2 Å². The molecule has 5 nitrogen and oxygen atoms in total. The van der Waals surface area contributed by atoms with Crippen LogP contribution >= 0.6 is 0 Å². The lowest BCUT2D eigenvalue weighted by molar-refractivity contribution is -0.121. The molecular formula is C24H31F2N3O2. The molecule has 31 heavy (non-hydrogen) atoms. The number of rotatable bonds is 12. The first kappa shape index (κ1) is 24.5. The molecule has 7 heteroatoms.